The summed E-state index contributed by atoms with van der Waals surface area (Å²) in [6.45, 7) is 3.56. The minimum Gasteiger partial charge on any atom is -0.507 e. The van der Waals surface area contributed by atoms with E-state index in [9.17, 15) is 14.6 Å². The quantitative estimate of drug-likeness (QED) is 0.707. The van der Waals surface area contributed by atoms with Gasteiger partial charge in [-0.2, -0.15) is 0 Å². The van der Waals surface area contributed by atoms with Gasteiger partial charge < -0.3 is 10.2 Å². The lowest BCUT2D eigenvalue weighted by Crippen LogP contribution is -1.94. The van der Waals surface area contributed by atoms with E-state index in [-0.39, 0.29) is 22.8 Å². The Balaban J connectivity index is 1.99. The average molecular weight is 323 g/mol. The number of halogens is 1. The molecule has 0 saturated carbocycles. The summed E-state index contributed by atoms with van der Waals surface area (Å²) in [5.74, 6) is -1.54. The topological polar surface area (TPSA) is 53.4 Å². The molecule has 2 aromatic carbocycles. The maximum atomic E-state index is 14.3. The van der Waals surface area contributed by atoms with Crippen molar-refractivity contribution in [1.29, 1.82) is 0 Å². The highest BCUT2D eigenvalue weighted by Gasteiger charge is 2.18. The lowest BCUT2D eigenvalue weighted by Gasteiger charge is -2.13. The number of aromatic hydroxyl groups is 2. The molecule has 122 valence electrons. The zero-order valence-corrected chi connectivity index (χ0v) is 13.5. The molecule has 0 spiro atoms. The molecule has 1 aromatic heterocycles. The predicted octanol–water partition coefficient (Wildman–Crippen LogP) is 5.08. The van der Waals surface area contributed by atoms with E-state index >= 15 is 0 Å². The monoisotopic (exact) mass is 323 g/mol. The highest BCUT2D eigenvalue weighted by atomic mass is 19.1. The van der Waals surface area contributed by atoms with Gasteiger partial charge in [-0.3, -0.25) is 0 Å². The maximum absolute atomic E-state index is 14.3. The van der Waals surface area contributed by atoms with Crippen molar-refractivity contribution in [2.75, 3.05) is 0 Å². The number of fused-ring (bicyclic) bond motifs is 1. The molecule has 0 amide bonds. The number of hydrogen-bond donors (Lipinski definition) is 2. The molecule has 0 radical (unpaired) electrons. The van der Waals surface area contributed by atoms with Gasteiger partial charge in [0, 0.05) is 16.5 Å². The Labute approximate surface area is 139 Å². The number of pyridine rings is 1. The molecule has 0 atom stereocenters. The molecule has 3 nitrogen and oxygen atoms in total. The Bertz CT molecular complexity index is 932. The van der Waals surface area contributed by atoms with Crippen LogP contribution in [0.15, 0.2) is 42.5 Å². The molecule has 0 unspecified atom stereocenters. The largest absolute Gasteiger partial charge is 0.507 e. The zero-order chi connectivity index (χ0) is 17.3. The standard InChI is InChI=1S/C20H18FNO2/c1-12(2)18-17(23)11-14(19(21)20(18)24)8-10-15-9-7-13-5-3-4-6-16(13)22-15/h3-12,23-24H,1-2H3. The molecule has 1 heterocycles. The van der Waals surface area contributed by atoms with Gasteiger partial charge in [-0.05, 0) is 36.3 Å². The number of hydrogen-bond acceptors (Lipinski definition) is 3. The van der Waals surface area contributed by atoms with Gasteiger partial charge in [0.15, 0.2) is 11.6 Å². The Morgan fingerprint density at radius 2 is 1.79 bits per heavy atom. The molecule has 0 saturated heterocycles. The first-order valence-corrected chi connectivity index (χ1v) is 7.75. The highest BCUT2D eigenvalue weighted by molar-refractivity contribution is 5.81. The Hall–Kier alpha value is -2.88. The molecule has 0 aliphatic carbocycles. The van der Waals surface area contributed by atoms with Gasteiger partial charge in [0.05, 0.1) is 11.2 Å². The first kappa shape index (κ1) is 16.0. The number of phenols is 2. The van der Waals surface area contributed by atoms with Crippen molar-refractivity contribution >= 4 is 23.1 Å². The van der Waals surface area contributed by atoms with E-state index in [1.807, 2.05) is 36.4 Å². The van der Waals surface area contributed by atoms with Crippen LogP contribution < -0.4 is 0 Å². The van der Waals surface area contributed by atoms with Crippen LogP contribution in [0.2, 0.25) is 0 Å². The van der Waals surface area contributed by atoms with Crippen molar-refractivity contribution < 1.29 is 14.6 Å². The molecule has 0 fully saturated rings. The Kier molecular flexibility index (Phi) is 4.21. The van der Waals surface area contributed by atoms with Gasteiger partial charge in [0.1, 0.15) is 5.75 Å². The zero-order valence-electron chi connectivity index (χ0n) is 13.5. The number of aromatic nitrogens is 1. The third kappa shape index (κ3) is 2.95. The van der Waals surface area contributed by atoms with Crippen LogP contribution >= 0.6 is 0 Å². The second-order valence-electron chi connectivity index (χ2n) is 5.98. The number of phenolic OH excluding ortho intramolecular Hbond substituents is 2. The van der Waals surface area contributed by atoms with Crippen molar-refractivity contribution in [3.05, 3.63) is 65.1 Å². The molecule has 2 N–H and O–H groups in total. The number of para-hydroxylation sites is 1. The van der Waals surface area contributed by atoms with Gasteiger partial charge in [0.25, 0.3) is 0 Å². The predicted molar refractivity (Wildman–Crippen MR) is 94.5 cm³/mol. The fourth-order valence-electron chi connectivity index (χ4n) is 2.70. The van der Waals surface area contributed by atoms with E-state index in [1.54, 1.807) is 19.9 Å². The molecule has 4 heteroatoms. The molecular formula is C20H18FNO2. The van der Waals surface area contributed by atoms with Crippen LogP contribution in [0.3, 0.4) is 0 Å². The van der Waals surface area contributed by atoms with Crippen LogP contribution in [0.5, 0.6) is 11.5 Å². The highest BCUT2D eigenvalue weighted by Crippen LogP contribution is 2.38. The van der Waals surface area contributed by atoms with E-state index < -0.39 is 11.6 Å². The summed E-state index contributed by atoms with van der Waals surface area (Å²) in [7, 11) is 0. The lowest BCUT2D eigenvalue weighted by molar-refractivity contribution is 0.404. The Morgan fingerprint density at radius 3 is 2.54 bits per heavy atom. The van der Waals surface area contributed by atoms with Gasteiger partial charge in [-0.25, -0.2) is 9.37 Å². The van der Waals surface area contributed by atoms with Crippen LogP contribution in [0, 0.1) is 5.82 Å². The molecule has 0 bridgehead atoms. The van der Waals surface area contributed by atoms with Crippen molar-refractivity contribution in [1.82, 2.24) is 4.98 Å². The van der Waals surface area contributed by atoms with E-state index in [0.717, 1.165) is 10.9 Å². The maximum Gasteiger partial charge on any atom is 0.172 e. The van der Waals surface area contributed by atoms with E-state index in [1.165, 1.54) is 12.1 Å². The van der Waals surface area contributed by atoms with Crippen LogP contribution in [-0.2, 0) is 0 Å². The van der Waals surface area contributed by atoms with Crippen molar-refractivity contribution in [3.8, 4) is 11.5 Å². The van der Waals surface area contributed by atoms with Crippen molar-refractivity contribution in [2.45, 2.75) is 19.8 Å². The third-order valence-electron chi connectivity index (χ3n) is 3.92. The average Bonchev–Trinajstić information content (AvgIpc) is 2.56. The SMILES string of the molecule is CC(C)c1c(O)cc(C=Cc2ccc3ccccc3n2)c(F)c1O. The first-order valence-electron chi connectivity index (χ1n) is 7.75. The second kappa shape index (κ2) is 6.32. The third-order valence-corrected chi connectivity index (χ3v) is 3.92. The molecule has 0 aliphatic rings. The Morgan fingerprint density at radius 1 is 1.04 bits per heavy atom. The molecular weight excluding hydrogens is 305 g/mol. The molecule has 3 rings (SSSR count). The molecule has 3 aromatic rings. The van der Waals surface area contributed by atoms with Crippen molar-refractivity contribution in [3.63, 3.8) is 0 Å². The smallest absolute Gasteiger partial charge is 0.172 e. The van der Waals surface area contributed by atoms with Crippen LogP contribution in [0.1, 0.15) is 36.6 Å². The summed E-state index contributed by atoms with van der Waals surface area (Å²) in [6.07, 6.45) is 3.15. The van der Waals surface area contributed by atoms with Gasteiger partial charge in [-0.15, -0.1) is 0 Å². The summed E-state index contributed by atoms with van der Waals surface area (Å²) < 4.78 is 14.3. The first-order chi connectivity index (χ1) is 11.5. The summed E-state index contributed by atoms with van der Waals surface area (Å²) >= 11 is 0. The summed E-state index contributed by atoms with van der Waals surface area (Å²) in [6, 6.07) is 12.8. The van der Waals surface area contributed by atoms with Gasteiger partial charge >= 0.3 is 0 Å². The normalized spacial score (nSPS) is 11.7. The minimum atomic E-state index is -0.742. The van der Waals surface area contributed by atoms with Crippen LogP contribution in [-0.4, -0.2) is 15.2 Å². The number of nitrogens with zero attached hydrogens (tertiary/aromatic N) is 1. The summed E-state index contributed by atoms with van der Waals surface area (Å²) in [5.41, 5.74) is 1.85. The fraction of sp³-hybridized carbons (Fsp3) is 0.150. The van der Waals surface area contributed by atoms with E-state index in [4.69, 9.17) is 0 Å². The van der Waals surface area contributed by atoms with Gasteiger partial charge in [0.2, 0.25) is 0 Å². The second-order valence-corrected chi connectivity index (χ2v) is 5.98. The minimum absolute atomic E-state index is 0.115. The number of rotatable bonds is 3. The fourth-order valence-corrected chi connectivity index (χ4v) is 2.70. The number of benzene rings is 2. The van der Waals surface area contributed by atoms with Gasteiger partial charge in [-0.1, -0.05) is 38.1 Å². The molecule has 0 aliphatic heterocycles. The van der Waals surface area contributed by atoms with E-state index in [2.05, 4.69) is 4.98 Å². The van der Waals surface area contributed by atoms with Crippen LogP contribution in [0.4, 0.5) is 4.39 Å². The lowest BCUT2D eigenvalue weighted by atomic mass is 9.98. The summed E-state index contributed by atoms with van der Waals surface area (Å²) in [5, 5.41) is 21.0. The van der Waals surface area contributed by atoms with E-state index in [0.29, 0.717) is 5.69 Å². The molecule has 24 heavy (non-hydrogen) atoms. The summed E-state index contributed by atoms with van der Waals surface area (Å²) in [4.78, 5) is 4.48. The van der Waals surface area contributed by atoms with Crippen molar-refractivity contribution in [2.24, 2.45) is 0 Å². The van der Waals surface area contributed by atoms with Crippen LogP contribution in [0.25, 0.3) is 23.1 Å².